The van der Waals surface area contributed by atoms with Gasteiger partial charge in [-0.1, -0.05) is 37.3 Å². The fourth-order valence-corrected chi connectivity index (χ4v) is 2.53. The number of hydrogen-bond donors (Lipinski definition) is 2. The quantitative estimate of drug-likeness (QED) is 0.694. The number of carbonyl (C=O) groups is 2. The van der Waals surface area contributed by atoms with E-state index in [1.54, 1.807) is 13.0 Å². The summed E-state index contributed by atoms with van der Waals surface area (Å²) in [5, 5.41) is 3.67. The van der Waals surface area contributed by atoms with E-state index in [1.165, 1.54) is 5.56 Å². The van der Waals surface area contributed by atoms with E-state index in [4.69, 9.17) is 4.74 Å². The Balaban J connectivity index is 1.62. The molecule has 0 bridgehead atoms. The Labute approximate surface area is 146 Å². The number of anilines is 1. The van der Waals surface area contributed by atoms with E-state index in [1.807, 2.05) is 48.5 Å². The number of rotatable bonds is 5. The molecule has 0 aliphatic carbocycles. The maximum Gasteiger partial charge on any atom is 0.355 e. The standard InChI is InChI=1S/C20H20N2O3/c1-3-14-8-10-16(11-9-14)21-19(23)13(2)25-20(24)18-12-15-6-4-5-7-17(15)22-18/h4-13,22H,3H2,1-2H3,(H,21,23). The molecule has 2 aromatic carbocycles. The van der Waals surface area contributed by atoms with Gasteiger partial charge in [0.25, 0.3) is 5.91 Å². The Morgan fingerprint density at radius 2 is 1.84 bits per heavy atom. The number of benzene rings is 2. The molecule has 0 spiro atoms. The first-order chi connectivity index (χ1) is 12.1. The van der Waals surface area contributed by atoms with Crippen LogP contribution in [-0.4, -0.2) is 23.0 Å². The van der Waals surface area contributed by atoms with Crippen molar-refractivity contribution in [2.24, 2.45) is 0 Å². The van der Waals surface area contributed by atoms with Gasteiger partial charge < -0.3 is 15.0 Å². The first kappa shape index (κ1) is 16.8. The van der Waals surface area contributed by atoms with Crippen LogP contribution in [0.1, 0.15) is 29.9 Å². The van der Waals surface area contributed by atoms with E-state index in [-0.39, 0.29) is 5.91 Å². The number of H-pyrrole nitrogens is 1. The topological polar surface area (TPSA) is 71.2 Å². The molecule has 1 atom stereocenters. The molecule has 0 aliphatic heterocycles. The second-order valence-electron chi connectivity index (χ2n) is 5.86. The maximum absolute atomic E-state index is 12.2. The number of hydrogen-bond acceptors (Lipinski definition) is 3. The number of amides is 1. The molecule has 5 nitrogen and oxygen atoms in total. The number of nitrogens with one attached hydrogen (secondary N) is 2. The number of aromatic nitrogens is 1. The highest BCUT2D eigenvalue weighted by Gasteiger charge is 2.20. The van der Waals surface area contributed by atoms with Crippen molar-refractivity contribution in [3.05, 3.63) is 65.9 Å². The minimum Gasteiger partial charge on any atom is -0.448 e. The molecule has 1 heterocycles. The zero-order chi connectivity index (χ0) is 17.8. The minimum absolute atomic E-state index is 0.327. The highest BCUT2D eigenvalue weighted by Crippen LogP contribution is 2.16. The Morgan fingerprint density at radius 3 is 2.52 bits per heavy atom. The molecular formula is C20H20N2O3. The molecule has 1 aromatic heterocycles. The van der Waals surface area contributed by atoms with Crippen molar-refractivity contribution in [1.82, 2.24) is 4.98 Å². The van der Waals surface area contributed by atoms with Crippen LogP contribution in [0.5, 0.6) is 0 Å². The van der Waals surface area contributed by atoms with Gasteiger partial charge in [0, 0.05) is 16.6 Å². The van der Waals surface area contributed by atoms with Crippen molar-refractivity contribution in [3.63, 3.8) is 0 Å². The third-order valence-electron chi connectivity index (χ3n) is 4.03. The van der Waals surface area contributed by atoms with E-state index in [9.17, 15) is 9.59 Å². The Kier molecular flexibility index (Phi) is 4.84. The molecule has 1 amide bonds. The molecule has 128 valence electrons. The monoisotopic (exact) mass is 336 g/mol. The average Bonchev–Trinajstić information content (AvgIpc) is 3.06. The molecule has 25 heavy (non-hydrogen) atoms. The Hall–Kier alpha value is -3.08. The predicted molar refractivity (Wildman–Crippen MR) is 97.6 cm³/mol. The minimum atomic E-state index is -0.898. The lowest BCUT2D eigenvalue weighted by Crippen LogP contribution is -2.30. The lowest BCUT2D eigenvalue weighted by atomic mass is 10.1. The number of para-hydroxylation sites is 1. The van der Waals surface area contributed by atoms with Gasteiger partial charge in [-0.05, 0) is 43.2 Å². The summed E-state index contributed by atoms with van der Waals surface area (Å²) in [5.41, 5.74) is 3.04. The molecule has 5 heteroatoms. The van der Waals surface area contributed by atoms with E-state index in [0.29, 0.717) is 11.4 Å². The molecule has 0 aliphatic rings. The van der Waals surface area contributed by atoms with Crippen molar-refractivity contribution in [1.29, 1.82) is 0 Å². The molecule has 0 saturated carbocycles. The van der Waals surface area contributed by atoms with Crippen LogP contribution in [0.15, 0.2) is 54.6 Å². The highest BCUT2D eigenvalue weighted by molar-refractivity contribution is 5.98. The fourth-order valence-electron chi connectivity index (χ4n) is 2.53. The number of esters is 1. The summed E-state index contributed by atoms with van der Waals surface area (Å²) >= 11 is 0. The van der Waals surface area contributed by atoms with Crippen molar-refractivity contribution in [2.45, 2.75) is 26.4 Å². The summed E-state index contributed by atoms with van der Waals surface area (Å²) in [5.74, 6) is -0.922. The van der Waals surface area contributed by atoms with Crippen LogP contribution in [0.25, 0.3) is 10.9 Å². The van der Waals surface area contributed by atoms with Crippen molar-refractivity contribution in [2.75, 3.05) is 5.32 Å². The van der Waals surface area contributed by atoms with Gasteiger partial charge in [0.15, 0.2) is 6.10 Å². The Morgan fingerprint density at radius 1 is 1.12 bits per heavy atom. The van der Waals surface area contributed by atoms with Gasteiger partial charge in [0.1, 0.15) is 5.69 Å². The lowest BCUT2D eigenvalue weighted by Gasteiger charge is -2.13. The highest BCUT2D eigenvalue weighted by atomic mass is 16.5. The lowest BCUT2D eigenvalue weighted by molar-refractivity contribution is -0.123. The third-order valence-corrected chi connectivity index (χ3v) is 4.03. The number of ether oxygens (including phenoxy) is 1. The summed E-state index contributed by atoms with van der Waals surface area (Å²) in [7, 11) is 0. The van der Waals surface area contributed by atoms with E-state index in [2.05, 4.69) is 17.2 Å². The third kappa shape index (κ3) is 3.88. The van der Waals surface area contributed by atoms with Gasteiger partial charge in [0.05, 0.1) is 0 Å². The summed E-state index contributed by atoms with van der Waals surface area (Å²) in [6.07, 6.45) is 0.0389. The van der Waals surface area contributed by atoms with Crippen molar-refractivity contribution >= 4 is 28.5 Å². The van der Waals surface area contributed by atoms with Gasteiger partial charge >= 0.3 is 5.97 Å². The van der Waals surface area contributed by atoms with Gasteiger partial charge in [-0.2, -0.15) is 0 Å². The number of aryl methyl sites for hydroxylation is 1. The van der Waals surface area contributed by atoms with Crippen LogP contribution in [0.2, 0.25) is 0 Å². The number of fused-ring (bicyclic) bond motifs is 1. The van der Waals surface area contributed by atoms with Gasteiger partial charge in [0.2, 0.25) is 0 Å². The van der Waals surface area contributed by atoms with Crippen LogP contribution >= 0.6 is 0 Å². The van der Waals surface area contributed by atoms with Gasteiger partial charge in [-0.25, -0.2) is 4.79 Å². The van der Waals surface area contributed by atoms with E-state index in [0.717, 1.165) is 17.3 Å². The molecule has 0 saturated heterocycles. The fraction of sp³-hybridized carbons (Fsp3) is 0.200. The van der Waals surface area contributed by atoms with Crippen LogP contribution in [0.4, 0.5) is 5.69 Å². The van der Waals surface area contributed by atoms with Gasteiger partial charge in [-0.3, -0.25) is 4.79 Å². The number of aromatic amines is 1. The molecule has 1 unspecified atom stereocenters. The van der Waals surface area contributed by atoms with Crippen LogP contribution < -0.4 is 5.32 Å². The molecule has 3 aromatic rings. The van der Waals surface area contributed by atoms with E-state index < -0.39 is 12.1 Å². The zero-order valence-corrected chi connectivity index (χ0v) is 14.2. The second-order valence-corrected chi connectivity index (χ2v) is 5.86. The summed E-state index contributed by atoms with van der Waals surface area (Å²) in [6.45, 7) is 3.62. The molecule has 0 fully saturated rings. The normalized spacial score (nSPS) is 11.9. The summed E-state index contributed by atoms with van der Waals surface area (Å²) in [6, 6.07) is 16.9. The summed E-state index contributed by atoms with van der Waals surface area (Å²) in [4.78, 5) is 27.4. The summed E-state index contributed by atoms with van der Waals surface area (Å²) < 4.78 is 5.26. The maximum atomic E-state index is 12.2. The van der Waals surface area contributed by atoms with Gasteiger partial charge in [-0.15, -0.1) is 0 Å². The average molecular weight is 336 g/mol. The van der Waals surface area contributed by atoms with Crippen LogP contribution in [-0.2, 0) is 16.0 Å². The first-order valence-electron chi connectivity index (χ1n) is 8.25. The SMILES string of the molecule is CCc1ccc(NC(=O)C(C)OC(=O)c2cc3ccccc3[nH]2)cc1. The van der Waals surface area contributed by atoms with Crippen molar-refractivity contribution in [3.8, 4) is 0 Å². The second kappa shape index (κ2) is 7.21. The largest absolute Gasteiger partial charge is 0.448 e. The van der Waals surface area contributed by atoms with Crippen LogP contribution in [0, 0.1) is 0 Å². The molecule has 2 N–H and O–H groups in total. The van der Waals surface area contributed by atoms with Crippen molar-refractivity contribution < 1.29 is 14.3 Å². The van der Waals surface area contributed by atoms with Crippen LogP contribution in [0.3, 0.4) is 0 Å². The smallest absolute Gasteiger partial charge is 0.355 e. The molecule has 3 rings (SSSR count). The predicted octanol–water partition coefficient (Wildman–Crippen LogP) is 3.91. The number of carbonyl (C=O) groups excluding carboxylic acids is 2. The first-order valence-corrected chi connectivity index (χ1v) is 8.25. The molecule has 0 radical (unpaired) electrons. The zero-order valence-electron chi connectivity index (χ0n) is 14.2. The molecular weight excluding hydrogens is 316 g/mol. The van der Waals surface area contributed by atoms with E-state index >= 15 is 0 Å². The Bertz CT molecular complexity index is 864.